The topological polar surface area (TPSA) is 59.6 Å². The molecule has 23 heavy (non-hydrogen) atoms. The standard InChI is InChI=1S/C18H22N2O3/c1-11-8-12(2)17(13(3)9-11)20-18(21)19-14-6-7-15(22-4)16(10-14)23-5/h6-10H,1-5H3,(H2,19,20,21). The molecular formula is C18H22N2O3. The summed E-state index contributed by atoms with van der Waals surface area (Å²) < 4.78 is 10.4. The van der Waals surface area contributed by atoms with E-state index in [1.165, 1.54) is 5.56 Å². The van der Waals surface area contributed by atoms with Crippen molar-refractivity contribution in [2.24, 2.45) is 0 Å². The van der Waals surface area contributed by atoms with Crippen molar-refractivity contribution in [2.75, 3.05) is 24.9 Å². The molecule has 122 valence electrons. The van der Waals surface area contributed by atoms with E-state index in [1.54, 1.807) is 32.4 Å². The molecule has 5 nitrogen and oxygen atoms in total. The molecule has 0 aromatic heterocycles. The van der Waals surface area contributed by atoms with E-state index < -0.39 is 0 Å². The number of urea groups is 1. The lowest BCUT2D eigenvalue weighted by Crippen LogP contribution is -2.20. The molecule has 0 heterocycles. The molecule has 0 saturated heterocycles. The second-order valence-electron chi connectivity index (χ2n) is 5.42. The van der Waals surface area contributed by atoms with Gasteiger partial charge < -0.3 is 20.1 Å². The summed E-state index contributed by atoms with van der Waals surface area (Å²) in [5, 5.41) is 5.70. The zero-order chi connectivity index (χ0) is 17.0. The second kappa shape index (κ2) is 7.05. The average molecular weight is 314 g/mol. The van der Waals surface area contributed by atoms with Crippen LogP contribution in [0.4, 0.5) is 16.2 Å². The summed E-state index contributed by atoms with van der Waals surface area (Å²) in [5.41, 5.74) is 4.69. The van der Waals surface area contributed by atoms with Gasteiger partial charge in [-0.25, -0.2) is 4.79 Å². The highest BCUT2D eigenvalue weighted by Gasteiger charge is 2.10. The van der Waals surface area contributed by atoms with E-state index in [2.05, 4.69) is 10.6 Å². The van der Waals surface area contributed by atoms with Gasteiger partial charge in [0.2, 0.25) is 0 Å². The predicted molar refractivity (Wildman–Crippen MR) is 92.8 cm³/mol. The Labute approximate surface area is 136 Å². The van der Waals surface area contributed by atoms with Crippen LogP contribution in [0.5, 0.6) is 11.5 Å². The van der Waals surface area contributed by atoms with Crippen molar-refractivity contribution in [1.82, 2.24) is 0 Å². The maximum Gasteiger partial charge on any atom is 0.323 e. The zero-order valence-corrected chi connectivity index (χ0v) is 14.1. The van der Waals surface area contributed by atoms with Crippen molar-refractivity contribution in [2.45, 2.75) is 20.8 Å². The summed E-state index contributed by atoms with van der Waals surface area (Å²) in [4.78, 5) is 12.2. The molecule has 2 N–H and O–H groups in total. The maximum atomic E-state index is 12.2. The normalized spacial score (nSPS) is 10.1. The van der Waals surface area contributed by atoms with Gasteiger partial charge in [-0.1, -0.05) is 17.7 Å². The van der Waals surface area contributed by atoms with Crippen LogP contribution in [0.15, 0.2) is 30.3 Å². The first-order chi connectivity index (χ1) is 10.9. The molecule has 0 spiro atoms. The first-order valence-electron chi connectivity index (χ1n) is 7.32. The first-order valence-corrected chi connectivity index (χ1v) is 7.32. The number of rotatable bonds is 4. The van der Waals surface area contributed by atoms with E-state index in [-0.39, 0.29) is 6.03 Å². The van der Waals surface area contributed by atoms with Crippen LogP contribution >= 0.6 is 0 Å². The Morgan fingerprint density at radius 3 is 2.04 bits per heavy atom. The minimum atomic E-state index is -0.299. The third-order valence-electron chi connectivity index (χ3n) is 3.56. The van der Waals surface area contributed by atoms with Crippen molar-refractivity contribution in [3.05, 3.63) is 47.0 Å². The number of nitrogens with one attached hydrogen (secondary N) is 2. The van der Waals surface area contributed by atoms with E-state index in [4.69, 9.17) is 9.47 Å². The molecule has 0 bridgehead atoms. The molecule has 2 aromatic carbocycles. The smallest absolute Gasteiger partial charge is 0.323 e. The van der Waals surface area contributed by atoms with Gasteiger partial charge in [0.15, 0.2) is 11.5 Å². The summed E-state index contributed by atoms with van der Waals surface area (Å²) in [7, 11) is 3.13. The lowest BCUT2D eigenvalue weighted by atomic mass is 10.1. The quantitative estimate of drug-likeness (QED) is 0.886. The zero-order valence-electron chi connectivity index (χ0n) is 14.1. The Hall–Kier alpha value is -2.69. The number of carbonyl (C=O) groups excluding carboxylic acids is 1. The maximum absolute atomic E-state index is 12.2. The van der Waals surface area contributed by atoms with Crippen LogP contribution in [0.1, 0.15) is 16.7 Å². The largest absolute Gasteiger partial charge is 0.493 e. The van der Waals surface area contributed by atoms with E-state index in [9.17, 15) is 4.79 Å². The van der Waals surface area contributed by atoms with Crippen molar-refractivity contribution in [3.8, 4) is 11.5 Å². The summed E-state index contributed by atoms with van der Waals surface area (Å²) in [6.07, 6.45) is 0. The Morgan fingerprint density at radius 2 is 1.48 bits per heavy atom. The van der Waals surface area contributed by atoms with Crippen LogP contribution in [0.3, 0.4) is 0 Å². The van der Waals surface area contributed by atoms with Gasteiger partial charge in [0.1, 0.15) is 0 Å². The van der Waals surface area contributed by atoms with Crippen molar-refractivity contribution >= 4 is 17.4 Å². The van der Waals surface area contributed by atoms with Gasteiger partial charge in [0.05, 0.1) is 14.2 Å². The lowest BCUT2D eigenvalue weighted by molar-refractivity contribution is 0.262. The highest BCUT2D eigenvalue weighted by Crippen LogP contribution is 2.30. The van der Waals surface area contributed by atoms with Crippen LogP contribution in [0.25, 0.3) is 0 Å². The van der Waals surface area contributed by atoms with E-state index in [1.807, 2.05) is 32.9 Å². The number of ether oxygens (including phenoxy) is 2. The summed E-state index contributed by atoms with van der Waals surface area (Å²) in [6, 6.07) is 9.00. The number of amides is 2. The van der Waals surface area contributed by atoms with Gasteiger partial charge >= 0.3 is 6.03 Å². The van der Waals surface area contributed by atoms with Gasteiger partial charge in [0.25, 0.3) is 0 Å². The highest BCUT2D eigenvalue weighted by atomic mass is 16.5. The van der Waals surface area contributed by atoms with Crippen LogP contribution in [0, 0.1) is 20.8 Å². The van der Waals surface area contributed by atoms with E-state index in [0.29, 0.717) is 17.2 Å². The molecule has 0 aliphatic rings. The fourth-order valence-corrected chi connectivity index (χ4v) is 2.57. The predicted octanol–water partition coefficient (Wildman–Crippen LogP) is 4.27. The minimum absolute atomic E-state index is 0.299. The number of hydrogen-bond donors (Lipinski definition) is 2. The fourth-order valence-electron chi connectivity index (χ4n) is 2.57. The van der Waals surface area contributed by atoms with Gasteiger partial charge in [0, 0.05) is 17.4 Å². The monoisotopic (exact) mass is 314 g/mol. The second-order valence-corrected chi connectivity index (χ2v) is 5.42. The van der Waals surface area contributed by atoms with Crippen molar-refractivity contribution in [1.29, 1.82) is 0 Å². The van der Waals surface area contributed by atoms with Gasteiger partial charge in [-0.3, -0.25) is 0 Å². The minimum Gasteiger partial charge on any atom is -0.493 e. The molecule has 0 saturated carbocycles. The first kappa shape index (κ1) is 16.7. The SMILES string of the molecule is COc1ccc(NC(=O)Nc2c(C)cc(C)cc2C)cc1OC. The summed E-state index contributed by atoms with van der Waals surface area (Å²) >= 11 is 0. The number of aryl methyl sites for hydroxylation is 3. The molecule has 2 aromatic rings. The molecule has 0 fully saturated rings. The molecule has 0 radical (unpaired) electrons. The molecule has 0 aliphatic heterocycles. The third-order valence-corrected chi connectivity index (χ3v) is 3.56. The van der Waals surface area contributed by atoms with Crippen LogP contribution < -0.4 is 20.1 Å². The van der Waals surface area contributed by atoms with Gasteiger partial charge in [-0.2, -0.15) is 0 Å². The highest BCUT2D eigenvalue weighted by molar-refractivity contribution is 6.00. The molecular weight excluding hydrogens is 292 g/mol. The number of benzene rings is 2. The van der Waals surface area contributed by atoms with Crippen LogP contribution in [-0.4, -0.2) is 20.3 Å². The van der Waals surface area contributed by atoms with Gasteiger partial charge in [-0.05, 0) is 44.0 Å². The molecule has 2 rings (SSSR count). The lowest BCUT2D eigenvalue weighted by Gasteiger charge is -2.14. The Balaban J connectivity index is 2.14. The van der Waals surface area contributed by atoms with E-state index in [0.717, 1.165) is 16.8 Å². The fraction of sp³-hybridized carbons (Fsp3) is 0.278. The summed E-state index contributed by atoms with van der Waals surface area (Å²) in [6.45, 7) is 5.99. The summed E-state index contributed by atoms with van der Waals surface area (Å²) in [5.74, 6) is 1.18. The Morgan fingerprint density at radius 1 is 0.870 bits per heavy atom. The molecule has 2 amide bonds. The number of anilines is 2. The van der Waals surface area contributed by atoms with Crippen LogP contribution in [0.2, 0.25) is 0 Å². The molecule has 0 unspecified atom stereocenters. The molecule has 5 heteroatoms. The third kappa shape index (κ3) is 3.94. The van der Waals surface area contributed by atoms with Crippen molar-refractivity contribution < 1.29 is 14.3 Å². The average Bonchev–Trinajstić information content (AvgIpc) is 2.50. The Bertz CT molecular complexity index is 703. The number of carbonyl (C=O) groups is 1. The molecule has 0 atom stereocenters. The van der Waals surface area contributed by atoms with Crippen LogP contribution in [-0.2, 0) is 0 Å². The molecule has 0 aliphatic carbocycles. The number of methoxy groups -OCH3 is 2. The van der Waals surface area contributed by atoms with Gasteiger partial charge in [-0.15, -0.1) is 0 Å². The number of hydrogen-bond acceptors (Lipinski definition) is 3. The Kier molecular flexibility index (Phi) is 5.11. The van der Waals surface area contributed by atoms with E-state index >= 15 is 0 Å². The van der Waals surface area contributed by atoms with Crippen molar-refractivity contribution in [3.63, 3.8) is 0 Å².